The maximum absolute atomic E-state index is 13.4. The Morgan fingerprint density at radius 1 is 1.03 bits per heavy atom. The van der Waals surface area contributed by atoms with Crippen LogP contribution in [0, 0.1) is 0 Å². The molecule has 1 aliphatic rings. The maximum Gasteiger partial charge on any atom is 0.303 e. The number of thiophene rings is 1. The normalized spacial score (nSPS) is 15.3. The number of aromatic amines is 1. The summed E-state index contributed by atoms with van der Waals surface area (Å²) in [7, 11) is 0. The van der Waals surface area contributed by atoms with Crippen molar-refractivity contribution in [3.63, 3.8) is 0 Å². The second-order valence-electron chi connectivity index (χ2n) is 8.30. The molecule has 36 heavy (non-hydrogen) atoms. The number of para-hydroxylation sites is 1. The van der Waals surface area contributed by atoms with Crippen LogP contribution >= 0.6 is 34.5 Å². The van der Waals surface area contributed by atoms with E-state index in [1.54, 1.807) is 30.3 Å². The van der Waals surface area contributed by atoms with Crippen LogP contribution in [0.25, 0.3) is 21.3 Å². The van der Waals surface area contributed by atoms with Crippen molar-refractivity contribution in [2.75, 3.05) is 0 Å². The number of carbonyl (C=O) groups is 2. The molecule has 1 atom stereocenters. The second kappa shape index (κ2) is 9.89. The molecule has 4 aromatic rings. The lowest BCUT2D eigenvalue weighted by Crippen LogP contribution is -2.27. The minimum atomic E-state index is -1.07. The van der Waals surface area contributed by atoms with Gasteiger partial charge in [0.05, 0.1) is 28.1 Å². The van der Waals surface area contributed by atoms with E-state index in [2.05, 4.69) is 10.1 Å². The number of hydrogen-bond acceptors (Lipinski definition) is 5. The summed E-state index contributed by atoms with van der Waals surface area (Å²) in [6.07, 6.45) is -0.255. The predicted octanol–water partition coefficient (Wildman–Crippen LogP) is 6.11. The van der Waals surface area contributed by atoms with E-state index >= 15 is 0 Å². The second-order valence-corrected chi connectivity index (χ2v) is 10.5. The largest absolute Gasteiger partial charge is 0.481 e. The summed E-state index contributed by atoms with van der Waals surface area (Å²) in [6.45, 7) is 0. The molecule has 0 saturated heterocycles. The lowest BCUT2D eigenvalue weighted by atomic mass is 9.94. The van der Waals surface area contributed by atoms with Gasteiger partial charge in [0.15, 0.2) is 0 Å². The number of rotatable bonds is 6. The van der Waals surface area contributed by atoms with Crippen LogP contribution < -0.4 is 5.56 Å². The fraction of sp³-hybridized carbons (Fsp3) is 0.154. The Labute approximate surface area is 219 Å². The highest BCUT2D eigenvalue weighted by Gasteiger charge is 2.35. The number of halogens is 2. The van der Waals surface area contributed by atoms with Crippen LogP contribution in [0.15, 0.2) is 70.6 Å². The van der Waals surface area contributed by atoms with E-state index in [4.69, 9.17) is 28.3 Å². The number of nitrogens with zero attached hydrogens (tertiary/aromatic N) is 2. The maximum atomic E-state index is 13.4. The standard InChI is InChI=1S/C26H19Cl2N3O4S/c27-15-7-5-14(6-8-15)19-13-18(30-31(19)22(32)11-12-23(33)34)25-24(20-9-10-21(28)36-20)16-3-1-2-4-17(16)29-26(25)35/h1-10,19H,11-13H2,(H,29,35)(H,33,34). The highest BCUT2D eigenvalue weighted by molar-refractivity contribution is 7.19. The number of aliphatic carboxylic acids is 1. The van der Waals surface area contributed by atoms with Crippen LogP contribution in [0.1, 0.15) is 36.4 Å². The van der Waals surface area contributed by atoms with Gasteiger partial charge in [-0.05, 0) is 35.9 Å². The van der Waals surface area contributed by atoms with Gasteiger partial charge in [0, 0.05) is 39.2 Å². The van der Waals surface area contributed by atoms with Crippen molar-refractivity contribution >= 4 is 63.0 Å². The fourth-order valence-electron chi connectivity index (χ4n) is 4.39. The molecule has 2 aromatic heterocycles. The van der Waals surface area contributed by atoms with Crippen LogP contribution in [0.2, 0.25) is 9.36 Å². The Balaban J connectivity index is 1.67. The quantitative estimate of drug-likeness (QED) is 0.308. The van der Waals surface area contributed by atoms with Crippen molar-refractivity contribution in [2.24, 2.45) is 5.10 Å². The molecular formula is C26H19Cl2N3O4S. The molecule has 0 fully saturated rings. The molecule has 1 amide bonds. The number of carboxylic acids is 1. The zero-order valence-electron chi connectivity index (χ0n) is 18.7. The van der Waals surface area contributed by atoms with Crippen LogP contribution in [0.5, 0.6) is 0 Å². The molecular weight excluding hydrogens is 521 g/mol. The first kappa shape index (κ1) is 24.2. The van der Waals surface area contributed by atoms with E-state index in [0.717, 1.165) is 15.8 Å². The zero-order valence-corrected chi connectivity index (χ0v) is 21.0. The molecule has 2 N–H and O–H groups in total. The number of carboxylic acid groups (broad SMARTS) is 1. The molecule has 0 radical (unpaired) electrons. The van der Waals surface area contributed by atoms with Crippen molar-refractivity contribution < 1.29 is 14.7 Å². The van der Waals surface area contributed by atoms with Gasteiger partial charge in [-0.15, -0.1) is 11.3 Å². The number of pyridine rings is 1. The molecule has 182 valence electrons. The summed E-state index contributed by atoms with van der Waals surface area (Å²) < 4.78 is 0.582. The van der Waals surface area contributed by atoms with E-state index < -0.39 is 17.9 Å². The van der Waals surface area contributed by atoms with Crippen LogP contribution in [-0.4, -0.2) is 32.7 Å². The summed E-state index contributed by atoms with van der Waals surface area (Å²) in [5, 5.41) is 16.3. The van der Waals surface area contributed by atoms with Gasteiger partial charge in [-0.1, -0.05) is 53.5 Å². The van der Waals surface area contributed by atoms with Crippen molar-refractivity contribution in [1.82, 2.24) is 9.99 Å². The lowest BCUT2D eigenvalue weighted by molar-refractivity contribution is -0.141. The number of amides is 1. The Kier molecular flexibility index (Phi) is 6.66. The molecule has 7 nitrogen and oxygen atoms in total. The first-order valence-corrected chi connectivity index (χ1v) is 12.7. The Morgan fingerprint density at radius 2 is 1.78 bits per heavy atom. The van der Waals surface area contributed by atoms with Crippen molar-refractivity contribution in [3.05, 3.63) is 91.5 Å². The van der Waals surface area contributed by atoms with Crippen LogP contribution in [0.3, 0.4) is 0 Å². The van der Waals surface area contributed by atoms with Crippen LogP contribution in [-0.2, 0) is 9.59 Å². The van der Waals surface area contributed by atoms with E-state index in [9.17, 15) is 14.4 Å². The van der Waals surface area contributed by atoms with Gasteiger partial charge in [0.1, 0.15) is 0 Å². The highest BCUT2D eigenvalue weighted by Crippen LogP contribution is 2.40. The smallest absolute Gasteiger partial charge is 0.303 e. The summed E-state index contributed by atoms with van der Waals surface area (Å²) in [6, 6.07) is 17.6. The number of hydrogen-bond donors (Lipinski definition) is 2. The first-order valence-electron chi connectivity index (χ1n) is 11.1. The molecule has 1 unspecified atom stereocenters. The number of nitrogens with one attached hydrogen (secondary N) is 1. The molecule has 0 saturated carbocycles. The first-order chi connectivity index (χ1) is 17.3. The minimum absolute atomic E-state index is 0.211. The van der Waals surface area contributed by atoms with Crippen molar-refractivity contribution in [3.8, 4) is 10.4 Å². The molecule has 2 aromatic carbocycles. The third-order valence-corrected chi connectivity index (χ3v) is 7.50. The summed E-state index contributed by atoms with van der Waals surface area (Å²) in [5.41, 5.74) is 2.61. The lowest BCUT2D eigenvalue weighted by Gasteiger charge is -2.22. The molecule has 1 aliphatic heterocycles. The van der Waals surface area contributed by atoms with E-state index in [0.29, 0.717) is 31.7 Å². The molecule has 0 bridgehead atoms. The molecule has 3 heterocycles. The number of hydrazone groups is 1. The number of aromatic nitrogens is 1. The topological polar surface area (TPSA) is 103 Å². The van der Waals surface area contributed by atoms with Gasteiger partial charge >= 0.3 is 5.97 Å². The zero-order chi connectivity index (χ0) is 25.4. The summed E-state index contributed by atoms with van der Waals surface area (Å²) in [5.74, 6) is -1.51. The van der Waals surface area contributed by atoms with E-state index in [1.165, 1.54) is 16.3 Å². The van der Waals surface area contributed by atoms with Gasteiger partial charge in [0.2, 0.25) is 5.91 Å². The van der Waals surface area contributed by atoms with Gasteiger partial charge < -0.3 is 10.1 Å². The van der Waals surface area contributed by atoms with E-state index in [1.807, 2.05) is 30.3 Å². The molecule has 10 heteroatoms. The van der Waals surface area contributed by atoms with Crippen molar-refractivity contribution in [1.29, 1.82) is 0 Å². The fourth-order valence-corrected chi connectivity index (χ4v) is 5.62. The van der Waals surface area contributed by atoms with Gasteiger partial charge in [-0.3, -0.25) is 14.4 Å². The van der Waals surface area contributed by atoms with E-state index in [-0.39, 0.29) is 24.8 Å². The number of fused-ring (bicyclic) bond motifs is 1. The van der Waals surface area contributed by atoms with Crippen molar-refractivity contribution in [2.45, 2.75) is 25.3 Å². The Morgan fingerprint density at radius 3 is 2.47 bits per heavy atom. The van der Waals surface area contributed by atoms with Gasteiger partial charge in [-0.2, -0.15) is 5.10 Å². The minimum Gasteiger partial charge on any atom is -0.481 e. The number of benzene rings is 2. The number of H-pyrrole nitrogens is 1. The average Bonchev–Trinajstić information content (AvgIpc) is 3.48. The third-order valence-electron chi connectivity index (χ3n) is 6.00. The summed E-state index contributed by atoms with van der Waals surface area (Å²) >= 11 is 13.7. The number of carbonyl (C=O) groups excluding carboxylic acids is 1. The van der Waals surface area contributed by atoms with Gasteiger partial charge in [-0.25, -0.2) is 5.01 Å². The highest BCUT2D eigenvalue weighted by atomic mass is 35.5. The monoisotopic (exact) mass is 539 g/mol. The molecule has 0 aliphatic carbocycles. The summed E-state index contributed by atoms with van der Waals surface area (Å²) in [4.78, 5) is 41.3. The average molecular weight is 540 g/mol. The van der Waals surface area contributed by atoms with Crippen LogP contribution in [0.4, 0.5) is 0 Å². The third kappa shape index (κ3) is 4.67. The molecule has 5 rings (SSSR count). The van der Waals surface area contributed by atoms with Gasteiger partial charge in [0.25, 0.3) is 5.56 Å². The SMILES string of the molecule is O=C(O)CCC(=O)N1N=C(c2c(-c3ccc(Cl)s3)c3ccccc3[nH]c2=O)CC1c1ccc(Cl)cc1. The Bertz CT molecular complexity index is 1580. The molecule has 0 spiro atoms. The predicted molar refractivity (Wildman–Crippen MR) is 142 cm³/mol. The Hall–Kier alpha value is -3.46.